The topological polar surface area (TPSA) is 79.2 Å². The third-order valence-electron chi connectivity index (χ3n) is 4.19. The van der Waals surface area contributed by atoms with E-state index in [0.717, 1.165) is 5.69 Å². The predicted octanol–water partition coefficient (Wildman–Crippen LogP) is 4.76. The molecular formula is C20H19Cl2N3O3S. The van der Waals surface area contributed by atoms with Gasteiger partial charge in [0.25, 0.3) is 0 Å². The zero-order valence-electron chi connectivity index (χ0n) is 16.0. The number of hydrogen-bond acceptors (Lipinski definition) is 4. The molecule has 0 bridgehead atoms. The van der Waals surface area contributed by atoms with Crippen LogP contribution in [-0.2, 0) is 11.4 Å². The number of carbonyl (C=O) groups excluding carboxylic acids is 1. The first kappa shape index (κ1) is 21.5. The SMILES string of the molecule is COc1ccc(Cl)c([S+]([O-])NC(=O)c2ncn(-c3ccc(Cl)cc3)c2C(C)C)c1. The summed E-state index contributed by atoms with van der Waals surface area (Å²) in [5, 5.41) is 0.878. The van der Waals surface area contributed by atoms with Gasteiger partial charge in [0.15, 0.2) is 5.69 Å². The summed E-state index contributed by atoms with van der Waals surface area (Å²) >= 11 is 10.2. The minimum absolute atomic E-state index is 0.0113. The lowest BCUT2D eigenvalue weighted by molar-refractivity contribution is 0.0975. The van der Waals surface area contributed by atoms with E-state index in [-0.39, 0.29) is 21.5 Å². The summed E-state index contributed by atoms with van der Waals surface area (Å²) in [5.41, 5.74) is 1.71. The van der Waals surface area contributed by atoms with Crippen LogP contribution in [0, 0.1) is 0 Å². The Labute approximate surface area is 182 Å². The Morgan fingerprint density at radius 3 is 2.52 bits per heavy atom. The molecule has 3 aromatic rings. The Hall–Kier alpha value is -2.19. The Kier molecular flexibility index (Phi) is 6.74. The van der Waals surface area contributed by atoms with Crippen molar-refractivity contribution in [1.29, 1.82) is 0 Å². The van der Waals surface area contributed by atoms with Crippen molar-refractivity contribution in [3.8, 4) is 11.4 Å². The molecule has 9 heteroatoms. The van der Waals surface area contributed by atoms with E-state index in [1.54, 1.807) is 30.6 Å². The monoisotopic (exact) mass is 451 g/mol. The van der Waals surface area contributed by atoms with Crippen LogP contribution in [0.4, 0.5) is 0 Å². The number of nitrogens with one attached hydrogen (secondary N) is 1. The van der Waals surface area contributed by atoms with Crippen LogP contribution >= 0.6 is 23.2 Å². The number of carbonyl (C=O) groups is 1. The largest absolute Gasteiger partial charge is 0.588 e. The lowest BCUT2D eigenvalue weighted by Crippen LogP contribution is -2.32. The third-order valence-corrected chi connectivity index (χ3v) is 6.00. The fourth-order valence-corrected chi connectivity index (χ4v) is 4.13. The van der Waals surface area contributed by atoms with Gasteiger partial charge in [-0.1, -0.05) is 37.0 Å². The molecule has 6 nitrogen and oxygen atoms in total. The molecule has 0 aliphatic rings. The quantitative estimate of drug-likeness (QED) is 0.547. The Balaban J connectivity index is 1.90. The molecule has 1 heterocycles. The maximum atomic E-state index is 12.8. The Morgan fingerprint density at radius 2 is 1.90 bits per heavy atom. The fourth-order valence-electron chi connectivity index (χ4n) is 2.83. The van der Waals surface area contributed by atoms with Crippen LogP contribution in [0.15, 0.2) is 53.7 Å². The van der Waals surface area contributed by atoms with Crippen LogP contribution in [0.3, 0.4) is 0 Å². The van der Waals surface area contributed by atoms with Crippen LogP contribution in [0.5, 0.6) is 5.75 Å². The molecular weight excluding hydrogens is 433 g/mol. The van der Waals surface area contributed by atoms with Crippen molar-refractivity contribution in [3.05, 3.63) is 70.2 Å². The minimum atomic E-state index is -1.88. The van der Waals surface area contributed by atoms with Gasteiger partial charge in [0, 0.05) is 16.8 Å². The fraction of sp³-hybridized carbons (Fsp3) is 0.200. The van der Waals surface area contributed by atoms with E-state index in [4.69, 9.17) is 27.9 Å². The highest BCUT2D eigenvalue weighted by molar-refractivity contribution is 7.90. The predicted molar refractivity (Wildman–Crippen MR) is 115 cm³/mol. The first-order valence-electron chi connectivity index (χ1n) is 8.71. The van der Waals surface area contributed by atoms with E-state index >= 15 is 0 Å². The Morgan fingerprint density at radius 1 is 1.21 bits per heavy atom. The van der Waals surface area contributed by atoms with Crippen LogP contribution in [-0.4, -0.2) is 27.1 Å². The van der Waals surface area contributed by atoms with Crippen molar-refractivity contribution in [1.82, 2.24) is 14.3 Å². The molecule has 0 aliphatic carbocycles. The number of amides is 1. The summed E-state index contributed by atoms with van der Waals surface area (Å²) in [7, 11) is 1.49. The van der Waals surface area contributed by atoms with Gasteiger partial charge in [-0.25, -0.2) is 4.98 Å². The van der Waals surface area contributed by atoms with Gasteiger partial charge in [-0.3, -0.25) is 4.79 Å². The number of nitrogens with zero attached hydrogens (tertiary/aromatic N) is 2. The molecule has 29 heavy (non-hydrogen) atoms. The van der Waals surface area contributed by atoms with E-state index in [9.17, 15) is 9.35 Å². The number of imidazole rings is 1. The van der Waals surface area contributed by atoms with Crippen LogP contribution < -0.4 is 9.46 Å². The van der Waals surface area contributed by atoms with E-state index in [1.807, 2.05) is 30.5 Å². The number of hydrogen-bond donors (Lipinski definition) is 1. The van der Waals surface area contributed by atoms with Crippen molar-refractivity contribution in [2.24, 2.45) is 0 Å². The summed E-state index contributed by atoms with van der Waals surface area (Å²) in [6.45, 7) is 3.91. The summed E-state index contributed by atoms with van der Waals surface area (Å²) in [4.78, 5) is 17.4. The number of benzene rings is 2. The van der Waals surface area contributed by atoms with Gasteiger partial charge in [-0.15, -0.1) is 0 Å². The van der Waals surface area contributed by atoms with Crippen molar-refractivity contribution >= 4 is 40.5 Å². The number of methoxy groups -OCH3 is 1. The number of halogens is 2. The van der Waals surface area contributed by atoms with Crippen LogP contribution in [0.1, 0.15) is 35.9 Å². The molecule has 1 amide bonds. The normalized spacial score (nSPS) is 12.1. The van der Waals surface area contributed by atoms with Crippen LogP contribution in [0.2, 0.25) is 10.0 Å². The second-order valence-electron chi connectivity index (χ2n) is 6.48. The third kappa shape index (κ3) is 4.70. The maximum Gasteiger partial charge on any atom is 0.312 e. The summed E-state index contributed by atoms with van der Waals surface area (Å²) < 4.78 is 22.1. The highest BCUT2D eigenvalue weighted by Crippen LogP contribution is 2.27. The molecule has 0 saturated heterocycles. The van der Waals surface area contributed by atoms with Gasteiger partial charge in [-0.2, -0.15) is 4.72 Å². The second-order valence-corrected chi connectivity index (χ2v) is 8.50. The van der Waals surface area contributed by atoms with Crippen molar-refractivity contribution in [2.75, 3.05) is 7.11 Å². The summed E-state index contributed by atoms with van der Waals surface area (Å²) in [6.07, 6.45) is 1.56. The lowest BCUT2D eigenvalue weighted by Gasteiger charge is -2.15. The van der Waals surface area contributed by atoms with Gasteiger partial charge in [0.2, 0.25) is 4.90 Å². The van der Waals surface area contributed by atoms with Crippen molar-refractivity contribution < 1.29 is 14.1 Å². The van der Waals surface area contributed by atoms with E-state index < -0.39 is 17.3 Å². The Bertz CT molecular complexity index is 1020. The van der Waals surface area contributed by atoms with E-state index in [2.05, 4.69) is 9.71 Å². The maximum absolute atomic E-state index is 12.8. The smallest absolute Gasteiger partial charge is 0.312 e. The molecule has 1 atom stereocenters. The molecule has 1 N–H and O–H groups in total. The molecule has 1 unspecified atom stereocenters. The standard InChI is InChI=1S/C20H19Cl2N3O3S/c1-12(2)19-18(23-11-25(19)14-6-4-13(21)5-7-14)20(26)24-29(27)17-10-15(28-3)8-9-16(17)22/h4-12H,1-3H3,(H,24,26). The van der Waals surface area contributed by atoms with Gasteiger partial charge in [0.1, 0.15) is 23.4 Å². The van der Waals surface area contributed by atoms with Crippen molar-refractivity contribution in [3.63, 3.8) is 0 Å². The van der Waals surface area contributed by atoms with Gasteiger partial charge >= 0.3 is 5.91 Å². The average Bonchev–Trinajstić information content (AvgIpc) is 3.14. The first-order chi connectivity index (χ1) is 13.8. The highest BCUT2D eigenvalue weighted by Gasteiger charge is 2.26. The zero-order valence-corrected chi connectivity index (χ0v) is 18.3. The first-order valence-corrected chi connectivity index (χ1v) is 10.6. The summed E-state index contributed by atoms with van der Waals surface area (Å²) in [6, 6.07) is 11.9. The zero-order chi connectivity index (χ0) is 21.1. The van der Waals surface area contributed by atoms with E-state index in [0.29, 0.717) is 16.5 Å². The molecule has 152 valence electrons. The minimum Gasteiger partial charge on any atom is -0.588 e. The van der Waals surface area contributed by atoms with Gasteiger partial charge < -0.3 is 13.9 Å². The molecule has 0 spiro atoms. The summed E-state index contributed by atoms with van der Waals surface area (Å²) in [5.74, 6) is -0.0803. The molecule has 0 saturated carbocycles. The lowest BCUT2D eigenvalue weighted by atomic mass is 10.1. The van der Waals surface area contributed by atoms with Crippen LogP contribution in [0.25, 0.3) is 5.69 Å². The molecule has 0 radical (unpaired) electrons. The molecule has 0 aliphatic heterocycles. The number of ether oxygens (including phenoxy) is 1. The van der Waals surface area contributed by atoms with Crippen molar-refractivity contribution in [2.45, 2.75) is 24.7 Å². The van der Waals surface area contributed by atoms with Gasteiger partial charge in [0.05, 0.1) is 17.8 Å². The number of rotatable bonds is 6. The second kappa shape index (κ2) is 9.09. The number of aromatic nitrogens is 2. The van der Waals surface area contributed by atoms with Gasteiger partial charge in [-0.05, 0) is 42.3 Å². The van der Waals surface area contributed by atoms with E-state index in [1.165, 1.54) is 13.2 Å². The molecule has 2 aromatic carbocycles. The average molecular weight is 452 g/mol. The molecule has 1 aromatic heterocycles. The highest BCUT2D eigenvalue weighted by atomic mass is 35.5. The molecule has 3 rings (SSSR count). The molecule has 0 fully saturated rings.